The maximum atomic E-state index is 14.3. The molecule has 256 valence electrons. The zero-order valence-corrected chi connectivity index (χ0v) is 27.3. The van der Waals surface area contributed by atoms with Crippen molar-refractivity contribution in [1.82, 2.24) is 9.97 Å². The molecule has 0 spiro atoms. The summed E-state index contributed by atoms with van der Waals surface area (Å²) < 4.78 is 70.4. The third-order valence-corrected chi connectivity index (χ3v) is 8.65. The van der Waals surface area contributed by atoms with Crippen LogP contribution < -0.4 is 9.46 Å². The molecule has 0 fully saturated rings. The molecule has 0 unspecified atom stereocenters. The molecule has 0 bridgehead atoms. The van der Waals surface area contributed by atoms with Crippen molar-refractivity contribution in [3.05, 3.63) is 179 Å². The molecule has 0 aliphatic rings. The van der Waals surface area contributed by atoms with E-state index in [1.807, 2.05) is 0 Å². The molecule has 8 aromatic rings. The molecule has 52 heavy (non-hydrogen) atoms. The van der Waals surface area contributed by atoms with Gasteiger partial charge in [0.2, 0.25) is 0 Å². The smallest absolute Gasteiger partial charge is 0.253 e. The molecule has 6 nitrogen and oxygen atoms in total. The molecule has 4 aromatic heterocycles. The first-order valence-electron chi connectivity index (χ1n) is 15.5. The van der Waals surface area contributed by atoms with E-state index >= 15 is 0 Å². The number of hydrogen-bond acceptors (Lipinski definition) is 4. The van der Waals surface area contributed by atoms with E-state index < -0.39 is 29.1 Å². The van der Waals surface area contributed by atoms with Crippen molar-refractivity contribution in [1.29, 1.82) is 0 Å². The molecule has 0 atom stereocenters. The molecule has 0 radical (unpaired) electrons. The summed E-state index contributed by atoms with van der Waals surface area (Å²) in [5.41, 5.74) is 2.89. The number of pyridine rings is 4. The normalized spacial score (nSPS) is 11.0. The average molecular weight is 721 g/mol. The number of nitrogens with zero attached hydrogens (tertiary/aromatic N) is 4. The minimum atomic E-state index is -0.733. The summed E-state index contributed by atoms with van der Waals surface area (Å²) in [5, 5.41) is 26.2. The highest BCUT2D eigenvalue weighted by atomic mass is 35.5. The Labute approximate surface area is 297 Å². The van der Waals surface area contributed by atoms with Gasteiger partial charge in [0.1, 0.15) is 40.1 Å². The Bertz CT molecular complexity index is 2480. The predicted octanol–water partition coefficient (Wildman–Crippen LogP) is 9.75. The van der Waals surface area contributed by atoms with Gasteiger partial charge in [-0.05, 0) is 71.8 Å². The highest BCUT2D eigenvalue weighted by Gasteiger charge is 2.23. The molecule has 0 aliphatic heterocycles. The number of halogens is 6. The second kappa shape index (κ2) is 14.0. The van der Waals surface area contributed by atoms with E-state index in [0.29, 0.717) is 47.5 Å². The maximum absolute atomic E-state index is 14.3. The van der Waals surface area contributed by atoms with E-state index in [2.05, 4.69) is 9.97 Å². The van der Waals surface area contributed by atoms with Crippen molar-refractivity contribution in [2.24, 2.45) is 0 Å². The van der Waals surface area contributed by atoms with Gasteiger partial charge in [0, 0.05) is 58.6 Å². The Morgan fingerprint density at radius 1 is 0.462 bits per heavy atom. The van der Waals surface area contributed by atoms with Crippen LogP contribution in [0.4, 0.5) is 22.0 Å². The van der Waals surface area contributed by atoms with Crippen LogP contribution in [0, 0.1) is 39.5 Å². The van der Waals surface area contributed by atoms with Crippen molar-refractivity contribution in [3.63, 3.8) is 0 Å². The first-order chi connectivity index (χ1) is 25.1. The fraction of sp³-hybridized carbons (Fsp3) is 0. The van der Waals surface area contributed by atoms with Gasteiger partial charge < -0.3 is 10.4 Å². The summed E-state index contributed by atoms with van der Waals surface area (Å²) >= 11 is 6.25. The van der Waals surface area contributed by atoms with Gasteiger partial charge in [0.15, 0.2) is 12.4 Å². The first kappa shape index (κ1) is 34.0. The number of hydrogen-bond donors (Lipinski definition) is 0. The van der Waals surface area contributed by atoms with Gasteiger partial charge in [-0.2, -0.15) is 9.46 Å². The van der Waals surface area contributed by atoms with Gasteiger partial charge in [0.05, 0.1) is 16.1 Å². The summed E-state index contributed by atoms with van der Waals surface area (Å²) in [6.45, 7) is 0. The van der Waals surface area contributed by atoms with E-state index in [4.69, 9.17) is 11.6 Å². The summed E-state index contributed by atoms with van der Waals surface area (Å²) in [5.74, 6) is -3.32. The van der Waals surface area contributed by atoms with Gasteiger partial charge in [-0.25, -0.2) is 31.9 Å². The van der Waals surface area contributed by atoms with E-state index in [9.17, 15) is 32.4 Å². The Morgan fingerprint density at radius 3 is 1.40 bits per heavy atom. The van der Waals surface area contributed by atoms with Crippen LogP contribution >= 0.6 is 11.6 Å². The van der Waals surface area contributed by atoms with E-state index in [1.54, 1.807) is 48.5 Å². The second-order valence-corrected chi connectivity index (χ2v) is 11.8. The van der Waals surface area contributed by atoms with Gasteiger partial charge in [-0.15, -0.1) is 0 Å². The van der Waals surface area contributed by atoms with E-state index in [1.165, 1.54) is 67.3 Å². The lowest BCUT2D eigenvalue weighted by atomic mass is 9.99. The predicted molar refractivity (Wildman–Crippen MR) is 188 cm³/mol. The van der Waals surface area contributed by atoms with Gasteiger partial charge in [0.25, 0.3) is 11.4 Å². The highest BCUT2D eigenvalue weighted by molar-refractivity contribution is 6.33. The van der Waals surface area contributed by atoms with Crippen LogP contribution in [-0.2, 0) is 0 Å². The fourth-order valence-electron chi connectivity index (χ4n) is 5.99. The number of benzene rings is 4. The zero-order chi connectivity index (χ0) is 36.5. The monoisotopic (exact) mass is 720 g/mol. The third kappa shape index (κ3) is 6.33. The maximum Gasteiger partial charge on any atom is 0.253 e. The number of rotatable bonds is 4. The molecular weight excluding hydrogens is 699 g/mol. The van der Waals surface area contributed by atoms with E-state index in [0.717, 1.165) is 18.2 Å². The Morgan fingerprint density at radius 2 is 0.923 bits per heavy atom. The van der Waals surface area contributed by atoms with Crippen LogP contribution in [-0.4, -0.2) is 9.97 Å². The minimum absolute atomic E-state index is 0.0324. The second-order valence-electron chi connectivity index (χ2n) is 11.4. The summed E-state index contributed by atoms with van der Waals surface area (Å²) in [4.78, 5) is 8.53. The van der Waals surface area contributed by atoms with Gasteiger partial charge >= 0.3 is 0 Å². The van der Waals surface area contributed by atoms with Crippen molar-refractivity contribution in [3.8, 4) is 44.8 Å². The molecule has 0 N–H and O–H groups in total. The average Bonchev–Trinajstić information content (AvgIpc) is 3.12. The van der Waals surface area contributed by atoms with Crippen molar-refractivity contribution in [2.75, 3.05) is 0 Å². The van der Waals surface area contributed by atoms with Crippen molar-refractivity contribution in [2.45, 2.75) is 0 Å². The van der Waals surface area contributed by atoms with Crippen molar-refractivity contribution >= 4 is 33.4 Å². The van der Waals surface area contributed by atoms with Gasteiger partial charge in [-0.3, -0.25) is 0 Å². The van der Waals surface area contributed by atoms with Gasteiger partial charge in [-0.1, -0.05) is 35.9 Å². The molecule has 8 rings (SSSR count). The van der Waals surface area contributed by atoms with Crippen LogP contribution in [0.2, 0.25) is 5.02 Å². The fourth-order valence-corrected chi connectivity index (χ4v) is 6.21. The summed E-state index contributed by atoms with van der Waals surface area (Å²) in [6, 6.07) is 25.7. The molecule has 0 aliphatic carbocycles. The largest absolute Gasteiger partial charge is 0.618 e. The zero-order valence-electron chi connectivity index (χ0n) is 26.6. The standard InChI is InChI=1S/C20H11ClF2N2O.C20H11F3N2O/c21-17-4-2-1-3-16(17)20-19-15(8-10-25(20)26)13(7-9-24-19)14-6-5-12(22)11-18(14)23;21-12-5-6-14(18(23)11-12)13-7-9-24-19-15(13)8-10-25(26)20(19)16-3-1-2-4-17(16)22/h2*1-11H. The Balaban J connectivity index is 0.000000162. The molecule has 4 aromatic carbocycles. The molecule has 0 saturated carbocycles. The van der Waals surface area contributed by atoms with Crippen LogP contribution in [0.3, 0.4) is 0 Å². The van der Waals surface area contributed by atoms with Crippen LogP contribution in [0.25, 0.3) is 66.6 Å². The molecule has 12 heteroatoms. The summed E-state index contributed by atoms with van der Waals surface area (Å²) in [7, 11) is 0. The van der Waals surface area contributed by atoms with Crippen LogP contribution in [0.15, 0.2) is 134 Å². The molecular formula is C40H22ClF5N4O2. The lowest BCUT2D eigenvalue weighted by Crippen LogP contribution is -2.29. The molecule has 0 saturated heterocycles. The van der Waals surface area contributed by atoms with E-state index in [-0.39, 0.29) is 33.6 Å². The number of fused-ring (bicyclic) bond motifs is 2. The third-order valence-electron chi connectivity index (χ3n) is 8.32. The lowest BCUT2D eigenvalue weighted by Gasteiger charge is -2.12. The molecule has 0 amide bonds. The van der Waals surface area contributed by atoms with Crippen LogP contribution in [0.1, 0.15) is 0 Å². The SMILES string of the molecule is [O-][n+]1ccc2c(-c3ccc(F)cc3F)ccnc2c1-c1ccccc1Cl.[O-][n+]1ccc2c(-c3ccc(F)cc3F)ccnc2c1-c1ccccc1F. The molecule has 4 heterocycles. The van der Waals surface area contributed by atoms with Crippen molar-refractivity contribution < 1.29 is 31.4 Å². The minimum Gasteiger partial charge on any atom is -0.618 e. The Kier molecular flexibility index (Phi) is 9.18. The Hall–Kier alpha value is -6.46. The highest BCUT2D eigenvalue weighted by Crippen LogP contribution is 2.36. The quantitative estimate of drug-likeness (QED) is 0.103. The number of aromatic nitrogens is 4. The lowest BCUT2D eigenvalue weighted by molar-refractivity contribution is -0.592. The summed E-state index contributed by atoms with van der Waals surface area (Å²) in [6.07, 6.45) is 5.44. The van der Waals surface area contributed by atoms with Crippen LogP contribution in [0.5, 0.6) is 0 Å². The first-order valence-corrected chi connectivity index (χ1v) is 15.9. The topological polar surface area (TPSA) is 79.7 Å².